The third-order valence-electron chi connectivity index (χ3n) is 2.94. The zero-order valence-corrected chi connectivity index (χ0v) is 9.28. The lowest BCUT2D eigenvalue weighted by Crippen LogP contribution is -1.93. The van der Waals surface area contributed by atoms with Crippen LogP contribution in [0.5, 0.6) is 0 Å². The molecule has 0 atom stereocenters. The second kappa shape index (κ2) is 3.13. The molecule has 0 saturated carbocycles. The highest BCUT2D eigenvalue weighted by Gasteiger charge is 2.08. The first-order valence-electron chi connectivity index (χ1n) is 5.46. The van der Waals surface area contributed by atoms with Crippen molar-refractivity contribution in [2.45, 2.75) is 0 Å². The van der Waals surface area contributed by atoms with E-state index in [4.69, 9.17) is 5.73 Å². The molecule has 4 aromatic rings. The molecule has 0 saturated heterocycles. The molecule has 0 aliphatic carbocycles. The van der Waals surface area contributed by atoms with Gasteiger partial charge in [0.05, 0.1) is 5.52 Å². The first-order valence-corrected chi connectivity index (χ1v) is 5.46. The summed E-state index contributed by atoms with van der Waals surface area (Å²) in [6.45, 7) is 0. The molecule has 0 fully saturated rings. The average molecular weight is 236 g/mol. The Hall–Kier alpha value is -2.76. The van der Waals surface area contributed by atoms with Crippen LogP contribution >= 0.6 is 0 Å². The van der Waals surface area contributed by atoms with Gasteiger partial charge in [-0.05, 0) is 18.2 Å². The number of pyridine rings is 2. The maximum absolute atomic E-state index is 5.84. The number of nitrogens with zero attached hydrogens (tertiary/aromatic N) is 5. The number of aromatic nitrogens is 5. The van der Waals surface area contributed by atoms with Crippen LogP contribution in [0, 0.1) is 0 Å². The van der Waals surface area contributed by atoms with Crippen molar-refractivity contribution in [2.24, 2.45) is 0 Å². The molecule has 0 aliphatic rings. The highest BCUT2D eigenvalue weighted by molar-refractivity contribution is 5.96. The van der Waals surface area contributed by atoms with E-state index in [9.17, 15) is 0 Å². The van der Waals surface area contributed by atoms with Crippen molar-refractivity contribution in [1.82, 2.24) is 24.3 Å². The predicted molar refractivity (Wildman–Crippen MR) is 68.0 cm³/mol. The Labute approximate surface area is 101 Å². The summed E-state index contributed by atoms with van der Waals surface area (Å²) in [6, 6.07) is 5.59. The van der Waals surface area contributed by atoms with E-state index < -0.39 is 0 Å². The number of hydrogen-bond donors (Lipinski definition) is 1. The summed E-state index contributed by atoms with van der Waals surface area (Å²) >= 11 is 0. The summed E-state index contributed by atoms with van der Waals surface area (Å²) in [5.74, 6) is 0.470. The Kier molecular flexibility index (Phi) is 1.62. The van der Waals surface area contributed by atoms with Crippen molar-refractivity contribution in [3.63, 3.8) is 0 Å². The van der Waals surface area contributed by atoms with Gasteiger partial charge in [-0.15, -0.1) is 0 Å². The normalized spacial score (nSPS) is 11.6. The Balaban J connectivity index is 2.27. The minimum Gasteiger partial charge on any atom is -0.383 e. The molecule has 6 heteroatoms. The molecule has 0 aliphatic heterocycles. The fourth-order valence-electron chi connectivity index (χ4n) is 2.09. The number of anilines is 1. The van der Waals surface area contributed by atoms with Crippen molar-refractivity contribution in [1.29, 1.82) is 0 Å². The molecular weight excluding hydrogens is 228 g/mol. The van der Waals surface area contributed by atoms with Crippen LogP contribution in [0.3, 0.4) is 0 Å². The van der Waals surface area contributed by atoms with E-state index in [0.29, 0.717) is 5.82 Å². The third-order valence-corrected chi connectivity index (χ3v) is 2.94. The first kappa shape index (κ1) is 9.29. The Morgan fingerprint density at radius 2 is 2.00 bits per heavy atom. The topological polar surface area (TPSA) is 82.0 Å². The minimum absolute atomic E-state index is 0.470. The third kappa shape index (κ3) is 1.11. The number of fused-ring (bicyclic) bond motifs is 4. The summed E-state index contributed by atoms with van der Waals surface area (Å²) in [7, 11) is 0. The van der Waals surface area contributed by atoms with Crippen molar-refractivity contribution >= 4 is 33.5 Å². The van der Waals surface area contributed by atoms with E-state index in [1.54, 1.807) is 18.7 Å². The quantitative estimate of drug-likeness (QED) is 0.499. The molecule has 0 aromatic carbocycles. The van der Waals surface area contributed by atoms with Gasteiger partial charge in [-0.3, -0.25) is 4.40 Å². The highest BCUT2D eigenvalue weighted by atomic mass is 15.1. The monoisotopic (exact) mass is 236 g/mol. The molecule has 0 bridgehead atoms. The number of nitrogen functional groups attached to an aromatic ring is 1. The number of imidazole rings is 1. The second-order valence-electron chi connectivity index (χ2n) is 4.01. The van der Waals surface area contributed by atoms with E-state index in [1.807, 2.05) is 22.6 Å². The zero-order chi connectivity index (χ0) is 12.1. The van der Waals surface area contributed by atoms with Crippen LogP contribution < -0.4 is 5.73 Å². The molecular formula is C12H8N6. The molecule has 4 heterocycles. The summed E-state index contributed by atoms with van der Waals surface area (Å²) in [4.78, 5) is 17.2. The van der Waals surface area contributed by atoms with Gasteiger partial charge in [0.25, 0.3) is 0 Å². The molecule has 86 valence electrons. The van der Waals surface area contributed by atoms with Crippen molar-refractivity contribution < 1.29 is 0 Å². The van der Waals surface area contributed by atoms with Crippen LogP contribution in [-0.4, -0.2) is 24.3 Å². The minimum atomic E-state index is 0.470. The molecule has 0 radical (unpaired) electrons. The van der Waals surface area contributed by atoms with Gasteiger partial charge in [0.2, 0.25) is 0 Å². The maximum atomic E-state index is 5.84. The standard InChI is InChI=1S/C12H8N6/c13-11-7-5-9-12(17-8(7)1-4-15-11)18-6-14-3-2-10(18)16-9/h1-6H,(H2,13,15). The van der Waals surface area contributed by atoms with Gasteiger partial charge in [0, 0.05) is 17.8 Å². The van der Waals surface area contributed by atoms with Crippen LogP contribution in [0.2, 0.25) is 0 Å². The Bertz CT molecular complexity index is 895. The van der Waals surface area contributed by atoms with E-state index in [1.165, 1.54) is 0 Å². The van der Waals surface area contributed by atoms with E-state index in [0.717, 1.165) is 27.7 Å². The molecule has 0 amide bonds. The van der Waals surface area contributed by atoms with Gasteiger partial charge < -0.3 is 5.73 Å². The van der Waals surface area contributed by atoms with Crippen molar-refractivity contribution in [2.75, 3.05) is 5.73 Å². The van der Waals surface area contributed by atoms with E-state index >= 15 is 0 Å². The summed E-state index contributed by atoms with van der Waals surface area (Å²) in [5.41, 5.74) is 9.03. The molecule has 6 nitrogen and oxygen atoms in total. The van der Waals surface area contributed by atoms with Crippen LogP contribution in [0.15, 0.2) is 36.9 Å². The SMILES string of the molecule is Nc1nccc2nc3c(cc12)nc1ccncn13. The van der Waals surface area contributed by atoms with Crippen molar-refractivity contribution in [3.8, 4) is 0 Å². The van der Waals surface area contributed by atoms with Gasteiger partial charge >= 0.3 is 0 Å². The van der Waals surface area contributed by atoms with E-state index in [2.05, 4.69) is 19.9 Å². The van der Waals surface area contributed by atoms with Crippen LogP contribution in [0.4, 0.5) is 5.82 Å². The molecule has 18 heavy (non-hydrogen) atoms. The molecule has 0 unspecified atom stereocenters. The molecule has 2 N–H and O–H groups in total. The van der Waals surface area contributed by atoms with Gasteiger partial charge in [0.1, 0.15) is 23.3 Å². The van der Waals surface area contributed by atoms with Crippen molar-refractivity contribution in [3.05, 3.63) is 36.9 Å². The van der Waals surface area contributed by atoms with E-state index in [-0.39, 0.29) is 0 Å². The lowest BCUT2D eigenvalue weighted by Gasteiger charge is -2.00. The smallest absolute Gasteiger partial charge is 0.166 e. The number of hydrogen-bond acceptors (Lipinski definition) is 5. The number of rotatable bonds is 0. The first-order chi connectivity index (χ1) is 8.83. The summed E-state index contributed by atoms with van der Waals surface area (Å²) in [5, 5.41) is 0.821. The van der Waals surface area contributed by atoms with Gasteiger partial charge in [0.15, 0.2) is 5.65 Å². The number of nitrogens with two attached hydrogens (primary N) is 1. The summed E-state index contributed by atoms with van der Waals surface area (Å²) < 4.78 is 1.85. The largest absolute Gasteiger partial charge is 0.383 e. The molecule has 4 aromatic heterocycles. The van der Waals surface area contributed by atoms with Gasteiger partial charge in [-0.2, -0.15) is 0 Å². The van der Waals surface area contributed by atoms with Crippen LogP contribution in [0.25, 0.3) is 27.7 Å². The summed E-state index contributed by atoms with van der Waals surface area (Å²) in [6.07, 6.45) is 5.06. The fraction of sp³-hybridized carbons (Fsp3) is 0. The van der Waals surface area contributed by atoms with Gasteiger partial charge in [-0.1, -0.05) is 0 Å². The second-order valence-corrected chi connectivity index (χ2v) is 4.01. The highest BCUT2D eigenvalue weighted by Crippen LogP contribution is 2.22. The average Bonchev–Trinajstić information content (AvgIpc) is 2.75. The molecule has 4 rings (SSSR count). The molecule has 0 spiro atoms. The van der Waals surface area contributed by atoms with Crippen LogP contribution in [-0.2, 0) is 0 Å². The van der Waals surface area contributed by atoms with Gasteiger partial charge in [-0.25, -0.2) is 19.9 Å². The maximum Gasteiger partial charge on any atom is 0.166 e. The lowest BCUT2D eigenvalue weighted by atomic mass is 10.2. The van der Waals surface area contributed by atoms with Crippen LogP contribution in [0.1, 0.15) is 0 Å². The zero-order valence-electron chi connectivity index (χ0n) is 9.28. The Morgan fingerprint density at radius 1 is 1.06 bits per heavy atom. The Morgan fingerprint density at radius 3 is 2.94 bits per heavy atom. The fourth-order valence-corrected chi connectivity index (χ4v) is 2.09. The lowest BCUT2D eigenvalue weighted by molar-refractivity contribution is 1.10. The predicted octanol–water partition coefficient (Wildman–Crippen LogP) is 1.41.